The van der Waals surface area contributed by atoms with Gasteiger partial charge < -0.3 is 15.1 Å². The Morgan fingerprint density at radius 1 is 1.29 bits per heavy atom. The van der Waals surface area contributed by atoms with Gasteiger partial charge in [-0.1, -0.05) is 18.2 Å². The summed E-state index contributed by atoms with van der Waals surface area (Å²) in [7, 11) is 0. The van der Waals surface area contributed by atoms with Crippen LogP contribution in [0.1, 0.15) is 19.3 Å². The first-order chi connectivity index (χ1) is 8.18. The summed E-state index contributed by atoms with van der Waals surface area (Å²) in [5, 5.41) is 18.9. The zero-order valence-electron chi connectivity index (χ0n) is 9.62. The van der Waals surface area contributed by atoms with Crippen LogP contribution in [0.15, 0.2) is 30.3 Å². The predicted octanol–water partition coefficient (Wildman–Crippen LogP) is 1.49. The molecule has 1 fully saturated rings. The summed E-state index contributed by atoms with van der Waals surface area (Å²) >= 11 is 0. The van der Waals surface area contributed by atoms with Crippen LogP contribution in [0.5, 0.6) is 0 Å². The highest BCUT2D eigenvalue weighted by molar-refractivity contribution is 5.74. The van der Waals surface area contributed by atoms with Gasteiger partial charge in [-0.05, 0) is 31.4 Å². The Morgan fingerprint density at radius 3 is 2.53 bits per heavy atom. The van der Waals surface area contributed by atoms with Gasteiger partial charge >= 0.3 is 5.97 Å². The number of hydrogen-bond donors (Lipinski definition) is 2. The number of hydrogen-bond acceptors (Lipinski definition) is 3. The van der Waals surface area contributed by atoms with Gasteiger partial charge in [0.1, 0.15) is 6.54 Å². The van der Waals surface area contributed by atoms with E-state index in [0.29, 0.717) is 0 Å². The van der Waals surface area contributed by atoms with Crippen LogP contribution in [-0.2, 0) is 4.79 Å². The maximum Gasteiger partial charge on any atom is 0.323 e. The molecule has 2 rings (SSSR count). The number of carbonyl (C=O) groups is 1. The third kappa shape index (κ3) is 2.77. The van der Waals surface area contributed by atoms with Crippen LogP contribution in [-0.4, -0.2) is 34.9 Å². The highest BCUT2D eigenvalue weighted by Gasteiger charge is 2.31. The van der Waals surface area contributed by atoms with Crippen LogP contribution in [0, 0.1) is 0 Å². The first kappa shape index (κ1) is 11.9. The average molecular weight is 235 g/mol. The van der Waals surface area contributed by atoms with Crippen molar-refractivity contribution in [2.24, 2.45) is 0 Å². The number of para-hydroxylation sites is 1. The quantitative estimate of drug-likeness (QED) is 0.830. The van der Waals surface area contributed by atoms with Gasteiger partial charge in [-0.15, -0.1) is 0 Å². The highest BCUT2D eigenvalue weighted by Crippen LogP contribution is 2.28. The lowest BCUT2D eigenvalue weighted by atomic mass is 10.1. The minimum atomic E-state index is -0.868. The van der Waals surface area contributed by atoms with Crippen molar-refractivity contribution in [3.05, 3.63) is 30.3 Å². The summed E-state index contributed by atoms with van der Waals surface area (Å²) in [6.07, 6.45) is 2.14. The Morgan fingerprint density at radius 2 is 2.00 bits per heavy atom. The lowest BCUT2D eigenvalue weighted by Crippen LogP contribution is -2.43. The second-order valence-corrected chi connectivity index (χ2v) is 4.42. The normalized spacial score (nSPS) is 23.6. The van der Waals surface area contributed by atoms with E-state index >= 15 is 0 Å². The molecule has 92 valence electrons. The van der Waals surface area contributed by atoms with E-state index in [1.807, 2.05) is 30.3 Å². The van der Waals surface area contributed by atoms with Crippen molar-refractivity contribution < 1.29 is 15.0 Å². The molecule has 2 N–H and O–H groups in total. The van der Waals surface area contributed by atoms with E-state index in [9.17, 15) is 9.90 Å². The smallest absolute Gasteiger partial charge is 0.323 e. The number of rotatable bonds is 4. The molecule has 1 saturated carbocycles. The van der Waals surface area contributed by atoms with Gasteiger partial charge in [-0.2, -0.15) is 0 Å². The highest BCUT2D eigenvalue weighted by atomic mass is 16.4. The van der Waals surface area contributed by atoms with Crippen molar-refractivity contribution in [3.63, 3.8) is 0 Å². The Labute approximate surface area is 100 Å². The van der Waals surface area contributed by atoms with E-state index in [-0.39, 0.29) is 12.6 Å². The van der Waals surface area contributed by atoms with Crippen LogP contribution >= 0.6 is 0 Å². The van der Waals surface area contributed by atoms with Crippen molar-refractivity contribution in [2.75, 3.05) is 11.4 Å². The molecule has 4 heteroatoms. The summed E-state index contributed by atoms with van der Waals surface area (Å²) in [6.45, 7) is -0.0637. The molecule has 1 aromatic rings. The molecule has 1 aromatic carbocycles. The molecule has 1 aliphatic rings. The van der Waals surface area contributed by atoms with Crippen molar-refractivity contribution in [2.45, 2.75) is 31.4 Å². The molecule has 2 atom stereocenters. The first-order valence-corrected chi connectivity index (χ1v) is 5.90. The monoisotopic (exact) mass is 235 g/mol. The molecule has 2 unspecified atom stereocenters. The van der Waals surface area contributed by atoms with Gasteiger partial charge in [0.2, 0.25) is 0 Å². The molecule has 4 nitrogen and oxygen atoms in total. The maximum atomic E-state index is 10.9. The zero-order chi connectivity index (χ0) is 12.3. The third-order valence-corrected chi connectivity index (χ3v) is 3.24. The fraction of sp³-hybridized carbons (Fsp3) is 0.462. The second-order valence-electron chi connectivity index (χ2n) is 4.42. The van der Waals surface area contributed by atoms with E-state index < -0.39 is 12.1 Å². The third-order valence-electron chi connectivity index (χ3n) is 3.24. The number of nitrogens with zero attached hydrogens (tertiary/aromatic N) is 1. The van der Waals surface area contributed by atoms with Crippen LogP contribution in [0.2, 0.25) is 0 Å². The van der Waals surface area contributed by atoms with Gasteiger partial charge in [0.05, 0.1) is 12.1 Å². The molecule has 0 aliphatic heterocycles. The first-order valence-electron chi connectivity index (χ1n) is 5.90. The summed E-state index contributed by atoms with van der Waals surface area (Å²) in [6, 6.07) is 9.35. The summed E-state index contributed by atoms with van der Waals surface area (Å²) in [5.74, 6) is -0.868. The number of carboxylic acid groups (broad SMARTS) is 1. The van der Waals surface area contributed by atoms with Crippen LogP contribution in [0.25, 0.3) is 0 Å². The van der Waals surface area contributed by atoms with Crippen molar-refractivity contribution >= 4 is 11.7 Å². The molecule has 0 saturated heterocycles. The van der Waals surface area contributed by atoms with E-state index in [1.165, 1.54) is 0 Å². The molecule has 0 heterocycles. The Kier molecular flexibility index (Phi) is 3.64. The molecular formula is C13H17NO3. The number of aliphatic hydroxyl groups excluding tert-OH is 1. The SMILES string of the molecule is O=C(O)CN(c1ccccc1)C1CCCC1O. The van der Waals surface area contributed by atoms with Crippen molar-refractivity contribution in [3.8, 4) is 0 Å². The Hall–Kier alpha value is -1.55. The lowest BCUT2D eigenvalue weighted by Gasteiger charge is -2.31. The van der Waals surface area contributed by atoms with Crippen molar-refractivity contribution in [1.82, 2.24) is 0 Å². The predicted molar refractivity (Wildman–Crippen MR) is 65.1 cm³/mol. The fourth-order valence-electron chi connectivity index (χ4n) is 2.45. The lowest BCUT2D eigenvalue weighted by molar-refractivity contribution is -0.135. The molecule has 0 aromatic heterocycles. The molecule has 0 bridgehead atoms. The number of benzene rings is 1. The number of carboxylic acids is 1. The van der Waals surface area contributed by atoms with Crippen LogP contribution in [0.4, 0.5) is 5.69 Å². The van der Waals surface area contributed by atoms with Gasteiger partial charge in [0.25, 0.3) is 0 Å². The van der Waals surface area contributed by atoms with Gasteiger partial charge in [0.15, 0.2) is 0 Å². The minimum absolute atomic E-state index is 0.0637. The van der Waals surface area contributed by atoms with Crippen molar-refractivity contribution in [1.29, 1.82) is 0 Å². The Balaban J connectivity index is 2.22. The van der Waals surface area contributed by atoms with Gasteiger partial charge in [-0.3, -0.25) is 4.79 Å². The largest absolute Gasteiger partial charge is 0.480 e. The van der Waals surface area contributed by atoms with E-state index in [1.54, 1.807) is 4.90 Å². The topological polar surface area (TPSA) is 60.8 Å². The number of anilines is 1. The van der Waals surface area contributed by atoms with E-state index in [4.69, 9.17) is 5.11 Å². The van der Waals surface area contributed by atoms with Gasteiger partial charge in [0, 0.05) is 5.69 Å². The van der Waals surface area contributed by atoms with E-state index in [0.717, 1.165) is 24.9 Å². The standard InChI is InChI=1S/C13H17NO3/c15-12-8-4-7-11(12)14(9-13(16)17)10-5-2-1-3-6-10/h1-3,5-6,11-12,15H,4,7-9H2,(H,16,17). The fourth-order valence-corrected chi connectivity index (χ4v) is 2.45. The molecular weight excluding hydrogens is 218 g/mol. The molecule has 1 aliphatic carbocycles. The average Bonchev–Trinajstić information content (AvgIpc) is 2.73. The summed E-state index contributed by atoms with van der Waals surface area (Å²) < 4.78 is 0. The summed E-state index contributed by atoms with van der Waals surface area (Å²) in [4.78, 5) is 12.7. The minimum Gasteiger partial charge on any atom is -0.480 e. The second kappa shape index (κ2) is 5.19. The van der Waals surface area contributed by atoms with Gasteiger partial charge in [-0.25, -0.2) is 0 Å². The molecule has 0 amide bonds. The zero-order valence-corrected chi connectivity index (χ0v) is 9.62. The van der Waals surface area contributed by atoms with E-state index in [2.05, 4.69) is 0 Å². The van der Waals surface area contributed by atoms with Crippen LogP contribution < -0.4 is 4.90 Å². The summed E-state index contributed by atoms with van der Waals surface area (Å²) in [5.41, 5.74) is 0.862. The maximum absolute atomic E-state index is 10.9. The molecule has 0 spiro atoms. The number of aliphatic hydroxyl groups is 1. The molecule has 0 radical (unpaired) electrons. The number of aliphatic carboxylic acids is 1. The molecule has 17 heavy (non-hydrogen) atoms. The van der Waals surface area contributed by atoms with Crippen LogP contribution in [0.3, 0.4) is 0 Å². The Bertz CT molecular complexity index is 380.